The number of hydrogen-bond donors (Lipinski definition) is 3. The van der Waals surface area contributed by atoms with Crippen LogP contribution in [0, 0.1) is 6.92 Å². The van der Waals surface area contributed by atoms with Gasteiger partial charge in [0.1, 0.15) is 18.0 Å². The second-order valence-corrected chi connectivity index (χ2v) is 20.6. The topological polar surface area (TPSA) is 184 Å². The summed E-state index contributed by atoms with van der Waals surface area (Å²) < 4.78 is 2.76. The fourth-order valence-corrected chi connectivity index (χ4v) is 11.1. The van der Waals surface area contributed by atoms with E-state index in [0.29, 0.717) is 68.4 Å². The Hall–Kier alpha value is -5.14. The van der Waals surface area contributed by atoms with Crippen LogP contribution in [0.5, 0.6) is 0 Å². The molecule has 5 aromatic rings. The van der Waals surface area contributed by atoms with Gasteiger partial charge in [-0.2, -0.15) is 0 Å². The average molecular weight is 969 g/mol. The molecule has 19 heteroatoms. The highest BCUT2D eigenvalue weighted by Crippen LogP contribution is 2.33. The van der Waals surface area contributed by atoms with Crippen molar-refractivity contribution in [2.24, 2.45) is 5.73 Å². The number of nitrogens with two attached hydrogens (primary N) is 1. The second-order valence-electron chi connectivity index (χ2n) is 17.9. The minimum absolute atomic E-state index is 0.100. The molecule has 2 fully saturated rings. The van der Waals surface area contributed by atoms with E-state index in [-0.39, 0.29) is 23.8 Å². The Balaban J connectivity index is 0.699. The van der Waals surface area contributed by atoms with Gasteiger partial charge in [-0.25, -0.2) is 15.0 Å². The summed E-state index contributed by atoms with van der Waals surface area (Å²) in [7, 11) is 1.82. The van der Waals surface area contributed by atoms with E-state index in [9.17, 15) is 14.4 Å². The van der Waals surface area contributed by atoms with E-state index in [0.717, 1.165) is 103 Å². The molecule has 0 spiro atoms. The number of anilines is 2. The number of rotatable bonds is 20. The SMILES string of the molecule is Cc1cc(-n2ccnc2)ccc1CSc1nnc(C(=O)N(C)CCCCCCCC(=O)N2CCN(CC[C@H](NC(=O)C3(N)CCN(c4ncnc5c4CCN5)CC3)c3ccc(Cl)cc3)CC2)s1. The molecule has 356 valence electrons. The number of halogens is 1. The van der Waals surface area contributed by atoms with Gasteiger partial charge < -0.3 is 35.6 Å². The number of nitrogens with zero attached hydrogens (tertiary/aromatic N) is 10. The van der Waals surface area contributed by atoms with Crippen molar-refractivity contribution in [3.8, 4) is 5.69 Å². The summed E-state index contributed by atoms with van der Waals surface area (Å²) >= 11 is 9.19. The Morgan fingerprint density at radius 1 is 0.985 bits per heavy atom. The van der Waals surface area contributed by atoms with Crippen molar-refractivity contribution in [1.82, 2.24) is 49.7 Å². The minimum atomic E-state index is -0.984. The highest BCUT2D eigenvalue weighted by atomic mass is 35.5. The highest BCUT2D eigenvalue weighted by molar-refractivity contribution is 8.00. The maximum absolute atomic E-state index is 13.9. The quantitative estimate of drug-likeness (QED) is 0.0566. The number of hydrogen-bond acceptors (Lipinski definition) is 14. The number of carbonyl (C=O) groups excluding carboxylic acids is 3. The third-order valence-electron chi connectivity index (χ3n) is 13.3. The molecule has 0 saturated carbocycles. The number of piperidine rings is 1. The Kier molecular flexibility index (Phi) is 16.4. The van der Waals surface area contributed by atoms with Gasteiger partial charge >= 0.3 is 0 Å². The maximum Gasteiger partial charge on any atom is 0.284 e. The largest absolute Gasteiger partial charge is 0.369 e. The van der Waals surface area contributed by atoms with E-state index in [2.05, 4.69) is 70.7 Å². The Morgan fingerprint density at radius 3 is 2.52 bits per heavy atom. The summed E-state index contributed by atoms with van der Waals surface area (Å²) in [6.45, 7) is 8.64. The van der Waals surface area contributed by atoms with Crippen molar-refractivity contribution in [2.75, 3.05) is 76.2 Å². The molecule has 0 bridgehead atoms. The molecule has 67 heavy (non-hydrogen) atoms. The highest BCUT2D eigenvalue weighted by Gasteiger charge is 2.40. The Labute approximate surface area is 406 Å². The summed E-state index contributed by atoms with van der Waals surface area (Å²) in [4.78, 5) is 61.6. The van der Waals surface area contributed by atoms with Crippen LogP contribution < -0.4 is 21.3 Å². The third kappa shape index (κ3) is 12.5. The molecule has 0 aliphatic carbocycles. The fraction of sp³-hybridized carbons (Fsp3) is 0.500. The van der Waals surface area contributed by atoms with Gasteiger partial charge in [0.15, 0.2) is 4.34 Å². The van der Waals surface area contributed by atoms with Gasteiger partial charge in [0.05, 0.1) is 17.9 Å². The lowest BCUT2D eigenvalue weighted by molar-refractivity contribution is -0.133. The summed E-state index contributed by atoms with van der Waals surface area (Å²) in [5.74, 6) is 2.56. The molecular formula is C48H62ClN13O3S2. The van der Waals surface area contributed by atoms with Gasteiger partial charge in [0.2, 0.25) is 16.8 Å². The molecule has 3 amide bonds. The van der Waals surface area contributed by atoms with Crippen LogP contribution in [0.25, 0.3) is 5.69 Å². The first-order chi connectivity index (χ1) is 32.5. The molecule has 0 unspecified atom stereocenters. The summed E-state index contributed by atoms with van der Waals surface area (Å²) in [5.41, 5.74) is 11.5. The van der Waals surface area contributed by atoms with Crippen molar-refractivity contribution in [1.29, 1.82) is 0 Å². The zero-order valence-corrected chi connectivity index (χ0v) is 40.9. The number of piperazine rings is 1. The lowest BCUT2D eigenvalue weighted by atomic mass is 9.86. The van der Waals surface area contributed by atoms with E-state index in [1.165, 1.54) is 22.5 Å². The number of benzene rings is 2. The molecule has 3 aliphatic heterocycles. The maximum atomic E-state index is 13.9. The van der Waals surface area contributed by atoms with Crippen LogP contribution in [0.2, 0.25) is 5.02 Å². The predicted octanol–water partition coefficient (Wildman–Crippen LogP) is 6.54. The molecule has 3 aliphatic rings. The molecule has 2 aromatic carbocycles. The zero-order chi connectivity index (χ0) is 46.8. The van der Waals surface area contributed by atoms with Crippen LogP contribution in [0.3, 0.4) is 0 Å². The smallest absolute Gasteiger partial charge is 0.284 e. The molecule has 1 atom stereocenters. The van der Waals surface area contributed by atoms with Crippen molar-refractivity contribution < 1.29 is 14.4 Å². The van der Waals surface area contributed by atoms with Crippen molar-refractivity contribution in [2.45, 2.75) is 92.8 Å². The van der Waals surface area contributed by atoms with Crippen LogP contribution in [-0.4, -0.2) is 134 Å². The van der Waals surface area contributed by atoms with Crippen molar-refractivity contribution in [3.05, 3.63) is 99.8 Å². The van der Waals surface area contributed by atoms with E-state index < -0.39 is 5.54 Å². The number of carbonyl (C=O) groups is 3. The summed E-state index contributed by atoms with van der Waals surface area (Å²) in [5, 5.41) is 16.2. The third-order valence-corrected chi connectivity index (χ3v) is 15.7. The van der Waals surface area contributed by atoms with Gasteiger partial charge in [-0.3, -0.25) is 19.3 Å². The molecule has 0 radical (unpaired) electrons. The molecule has 6 heterocycles. The van der Waals surface area contributed by atoms with E-state index >= 15 is 0 Å². The normalized spacial score (nSPS) is 16.4. The molecule has 2 saturated heterocycles. The number of unbranched alkanes of at least 4 members (excludes halogenated alkanes) is 4. The minimum Gasteiger partial charge on any atom is -0.369 e. The number of nitrogens with one attached hydrogen (secondary N) is 2. The average Bonchev–Trinajstić information content (AvgIpc) is 4.16. The van der Waals surface area contributed by atoms with Crippen LogP contribution in [-0.2, 0) is 21.8 Å². The first-order valence-corrected chi connectivity index (χ1v) is 25.7. The number of aromatic nitrogens is 6. The molecule has 3 aromatic heterocycles. The van der Waals surface area contributed by atoms with Crippen LogP contribution in [0.4, 0.5) is 11.6 Å². The lowest BCUT2D eigenvalue weighted by Gasteiger charge is -2.40. The molecule has 16 nitrogen and oxygen atoms in total. The number of thioether (sulfide) groups is 1. The number of aryl methyl sites for hydroxylation is 1. The lowest BCUT2D eigenvalue weighted by Crippen LogP contribution is -2.60. The van der Waals surface area contributed by atoms with Crippen molar-refractivity contribution >= 4 is 64.1 Å². The summed E-state index contributed by atoms with van der Waals surface area (Å²) in [6.07, 6.45) is 15.0. The van der Waals surface area contributed by atoms with Crippen LogP contribution in [0.1, 0.15) is 95.9 Å². The monoisotopic (exact) mass is 967 g/mol. The second kappa shape index (κ2) is 22.8. The van der Waals surface area contributed by atoms with Gasteiger partial charge in [0.25, 0.3) is 5.91 Å². The van der Waals surface area contributed by atoms with Gasteiger partial charge in [-0.1, -0.05) is 72.2 Å². The Bertz CT molecular complexity index is 2440. The number of amides is 3. The standard InChI is InChI=1S/C48H62ClN13O3S2/c1-34-30-38(62-25-20-51-33-62)14-11-36(34)31-66-47-57-56-44(67-47)45(64)58(2)21-7-5-3-4-6-8-41(63)60-28-26-59(27-29-60)22-16-40(35-9-12-37(49)13-10-35)55-46(65)48(50)17-23-61(24-18-48)43-39-15-19-52-42(39)53-32-54-43/h9-14,20,25,30,32-33,40H,3-8,15-19,21-24,26-29,31,50H2,1-2H3,(H,55,65)(H,52,53,54)/t40-/m0/s1. The molecule has 8 rings (SSSR count). The number of fused-ring (bicyclic) bond motifs is 1. The first-order valence-electron chi connectivity index (χ1n) is 23.5. The van der Waals surface area contributed by atoms with Crippen LogP contribution in [0.15, 0.2) is 71.9 Å². The predicted molar refractivity (Wildman–Crippen MR) is 265 cm³/mol. The van der Waals surface area contributed by atoms with E-state index in [4.69, 9.17) is 17.3 Å². The molecule has 4 N–H and O–H groups in total. The van der Waals surface area contributed by atoms with Gasteiger partial charge in [-0.15, -0.1) is 10.2 Å². The number of imidazole rings is 1. The zero-order valence-electron chi connectivity index (χ0n) is 38.5. The van der Waals surface area contributed by atoms with Gasteiger partial charge in [0, 0.05) is 107 Å². The van der Waals surface area contributed by atoms with E-state index in [1.807, 2.05) is 47.0 Å². The Morgan fingerprint density at radius 2 is 1.76 bits per heavy atom. The summed E-state index contributed by atoms with van der Waals surface area (Å²) in [6, 6.07) is 13.8. The van der Waals surface area contributed by atoms with Crippen LogP contribution >= 0.6 is 34.7 Å². The first kappa shape index (κ1) is 48.3. The van der Waals surface area contributed by atoms with Crippen molar-refractivity contribution in [3.63, 3.8) is 0 Å². The fourth-order valence-electron chi connectivity index (χ4n) is 9.05. The van der Waals surface area contributed by atoms with Gasteiger partial charge in [-0.05, 0) is 86.4 Å². The van der Waals surface area contributed by atoms with E-state index in [1.54, 1.807) is 35.5 Å². The molecular weight excluding hydrogens is 906 g/mol.